The second-order valence-corrected chi connectivity index (χ2v) is 4.31. The van der Waals surface area contributed by atoms with Crippen molar-refractivity contribution in [3.8, 4) is 12.3 Å². The van der Waals surface area contributed by atoms with Gasteiger partial charge in [-0.1, -0.05) is 17.5 Å². The maximum absolute atomic E-state index is 12.0. The summed E-state index contributed by atoms with van der Waals surface area (Å²) < 4.78 is 6.57. The summed E-state index contributed by atoms with van der Waals surface area (Å²) in [4.78, 5) is 12.0. The molecule has 0 amide bonds. The zero-order chi connectivity index (χ0) is 13.8. The molecule has 0 saturated heterocycles. The fraction of sp³-hybridized carbons (Fsp3) is 0.231. The number of hydrogen-bond acceptors (Lipinski definition) is 4. The molecule has 2 heterocycles. The van der Waals surface area contributed by atoms with Crippen molar-refractivity contribution < 1.29 is 4.42 Å². The first kappa shape index (κ1) is 13.2. The van der Waals surface area contributed by atoms with Crippen LogP contribution in [-0.4, -0.2) is 9.78 Å². The van der Waals surface area contributed by atoms with E-state index < -0.39 is 0 Å². The molecule has 1 N–H and O–H groups in total. The number of halogens is 1. The van der Waals surface area contributed by atoms with Crippen LogP contribution in [0.4, 0.5) is 5.69 Å². The highest BCUT2D eigenvalue weighted by Gasteiger charge is 2.10. The summed E-state index contributed by atoms with van der Waals surface area (Å²) in [5, 5.41) is 7.05. The van der Waals surface area contributed by atoms with Crippen molar-refractivity contribution in [2.24, 2.45) is 0 Å². The standard InChI is InChI=1S/C13H12ClN3O2/c1-3-6-17-13(18)12(11(14)8-16-17)15-7-10-5-4-9(2)19-10/h1,4-5,8,15H,6-7H2,2H3. The molecule has 0 bridgehead atoms. The van der Waals surface area contributed by atoms with Gasteiger partial charge >= 0.3 is 0 Å². The molecule has 6 heteroatoms. The van der Waals surface area contributed by atoms with Crippen LogP contribution in [0.25, 0.3) is 0 Å². The summed E-state index contributed by atoms with van der Waals surface area (Å²) in [6.45, 7) is 2.32. The van der Waals surface area contributed by atoms with Crippen molar-refractivity contribution in [2.75, 3.05) is 5.32 Å². The van der Waals surface area contributed by atoms with Crippen molar-refractivity contribution >= 4 is 17.3 Å². The van der Waals surface area contributed by atoms with E-state index in [1.165, 1.54) is 10.9 Å². The van der Waals surface area contributed by atoms with Gasteiger partial charge in [0.25, 0.3) is 5.56 Å². The molecule has 0 unspecified atom stereocenters. The fourth-order valence-corrected chi connectivity index (χ4v) is 1.77. The highest BCUT2D eigenvalue weighted by atomic mass is 35.5. The smallest absolute Gasteiger partial charge is 0.292 e. The van der Waals surface area contributed by atoms with Crippen LogP contribution in [0.2, 0.25) is 5.02 Å². The first-order valence-electron chi connectivity index (χ1n) is 5.60. The van der Waals surface area contributed by atoms with E-state index in [1.807, 2.05) is 19.1 Å². The zero-order valence-corrected chi connectivity index (χ0v) is 11.1. The zero-order valence-electron chi connectivity index (χ0n) is 10.3. The second-order valence-electron chi connectivity index (χ2n) is 3.90. The summed E-state index contributed by atoms with van der Waals surface area (Å²) in [5.74, 6) is 3.88. The van der Waals surface area contributed by atoms with Crippen molar-refractivity contribution in [1.29, 1.82) is 0 Å². The van der Waals surface area contributed by atoms with E-state index in [0.29, 0.717) is 12.3 Å². The Morgan fingerprint density at radius 3 is 3.00 bits per heavy atom. The van der Waals surface area contributed by atoms with E-state index in [1.54, 1.807) is 0 Å². The van der Waals surface area contributed by atoms with E-state index in [4.69, 9.17) is 22.4 Å². The number of nitrogens with zero attached hydrogens (tertiary/aromatic N) is 2. The molecule has 2 aromatic rings. The van der Waals surface area contributed by atoms with Gasteiger partial charge in [-0.3, -0.25) is 4.79 Å². The van der Waals surface area contributed by atoms with Crippen LogP contribution in [0.3, 0.4) is 0 Å². The maximum Gasteiger partial charge on any atom is 0.292 e. The number of aromatic nitrogens is 2. The minimum atomic E-state index is -0.353. The van der Waals surface area contributed by atoms with Crippen molar-refractivity contribution in [1.82, 2.24) is 9.78 Å². The fourth-order valence-electron chi connectivity index (χ4n) is 1.58. The Bertz CT molecular complexity index is 682. The minimum Gasteiger partial charge on any atom is -0.465 e. The number of anilines is 1. The summed E-state index contributed by atoms with van der Waals surface area (Å²) in [5.41, 5.74) is -0.0882. The van der Waals surface area contributed by atoms with Gasteiger partial charge in [0.1, 0.15) is 23.8 Å². The van der Waals surface area contributed by atoms with E-state index in [2.05, 4.69) is 16.3 Å². The lowest BCUT2D eigenvalue weighted by molar-refractivity contribution is 0.490. The van der Waals surface area contributed by atoms with Gasteiger partial charge in [0.05, 0.1) is 17.8 Å². The SMILES string of the molecule is C#CCn1ncc(Cl)c(NCc2ccc(C)o2)c1=O. The summed E-state index contributed by atoms with van der Waals surface area (Å²) >= 11 is 5.95. The molecular formula is C13H12ClN3O2. The van der Waals surface area contributed by atoms with Gasteiger partial charge in [-0.15, -0.1) is 6.42 Å². The van der Waals surface area contributed by atoms with Gasteiger partial charge in [0.15, 0.2) is 0 Å². The number of rotatable bonds is 4. The molecule has 0 spiro atoms. The summed E-state index contributed by atoms with van der Waals surface area (Å²) in [7, 11) is 0. The molecule has 5 nitrogen and oxygen atoms in total. The minimum absolute atomic E-state index is 0.102. The topological polar surface area (TPSA) is 60.1 Å². The van der Waals surface area contributed by atoms with Gasteiger partial charge in [-0.2, -0.15) is 5.10 Å². The lowest BCUT2D eigenvalue weighted by atomic mass is 10.4. The molecule has 0 aliphatic heterocycles. The molecular weight excluding hydrogens is 266 g/mol. The Hall–Kier alpha value is -2.19. The van der Waals surface area contributed by atoms with Gasteiger partial charge in [-0.25, -0.2) is 4.68 Å². The molecule has 0 saturated carbocycles. The van der Waals surface area contributed by atoms with Crippen LogP contribution in [0.1, 0.15) is 11.5 Å². The Morgan fingerprint density at radius 2 is 2.37 bits per heavy atom. The second kappa shape index (κ2) is 5.63. The van der Waals surface area contributed by atoms with E-state index in [9.17, 15) is 4.79 Å². The molecule has 2 aromatic heterocycles. The van der Waals surface area contributed by atoms with Gasteiger partial charge in [0.2, 0.25) is 0 Å². The van der Waals surface area contributed by atoms with Gasteiger partial charge in [0, 0.05) is 0 Å². The number of nitrogens with one attached hydrogen (secondary N) is 1. The predicted molar refractivity (Wildman–Crippen MR) is 73.1 cm³/mol. The van der Waals surface area contributed by atoms with Crippen LogP contribution >= 0.6 is 11.6 Å². The Morgan fingerprint density at radius 1 is 1.58 bits per heavy atom. The third kappa shape index (κ3) is 2.98. The van der Waals surface area contributed by atoms with E-state index >= 15 is 0 Å². The van der Waals surface area contributed by atoms with E-state index in [0.717, 1.165) is 5.76 Å². The predicted octanol–water partition coefficient (Wildman–Crippen LogP) is 2.04. The van der Waals surface area contributed by atoms with Crippen LogP contribution in [0, 0.1) is 19.3 Å². The molecule has 0 aliphatic rings. The summed E-state index contributed by atoms with van der Waals surface area (Å²) in [6, 6.07) is 3.68. The number of aryl methyl sites for hydroxylation is 1. The molecule has 98 valence electrons. The van der Waals surface area contributed by atoms with Gasteiger partial charge < -0.3 is 9.73 Å². The van der Waals surface area contributed by atoms with Gasteiger partial charge in [-0.05, 0) is 19.1 Å². The normalized spacial score (nSPS) is 10.2. The average Bonchev–Trinajstić information content (AvgIpc) is 2.79. The number of terminal acetylenes is 1. The van der Waals surface area contributed by atoms with Crippen LogP contribution < -0.4 is 10.9 Å². The monoisotopic (exact) mass is 277 g/mol. The Labute approximate surface area is 115 Å². The third-order valence-electron chi connectivity index (χ3n) is 2.47. The van der Waals surface area contributed by atoms with Crippen LogP contribution in [-0.2, 0) is 13.1 Å². The molecule has 0 aliphatic carbocycles. The van der Waals surface area contributed by atoms with Crippen molar-refractivity contribution in [2.45, 2.75) is 20.0 Å². The largest absolute Gasteiger partial charge is 0.465 e. The Balaban J connectivity index is 2.22. The first-order valence-corrected chi connectivity index (χ1v) is 5.98. The van der Waals surface area contributed by atoms with Crippen molar-refractivity contribution in [3.05, 3.63) is 45.2 Å². The first-order chi connectivity index (χ1) is 9.11. The summed E-state index contributed by atoms with van der Waals surface area (Å²) in [6.07, 6.45) is 6.55. The molecule has 0 atom stereocenters. The quantitative estimate of drug-likeness (QED) is 0.869. The number of hydrogen-bond donors (Lipinski definition) is 1. The average molecular weight is 278 g/mol. The molecule has 0 aromatic carbocycles. The van der Waals surface area contributed by atoms with E-state index in [-0.39, 0.29) is 22.8 Å². The van der Waals surface area contributed by atoms with Crippen molar-refractivity contribution in [3.63, 3.8) is 0 Å². The number of furan rings is 1. The lowest BCUT2D eigenvalue weighted by Crippen LogP contribution is -2.25. The van der Waals surface area contributed by atoms with Crippen LogP contribution in [0.15, 0.2) is 27.5 Å². The molecule has 19 heavy (non-hydrogen) atoms. The Kier molecular flexibility index (Phi) is 3.93. The highest BCUT2D eigenvalue weighted by Crippen LogP contribution is 2.16. The van der Waals surface area contributed by atoms with Crippen LogP contribution in [0.5, 0.6) is 0 Å². The lowest BCUT2D eigenvalue weighted by Gasteiger charge is -2.08. The third-order valence-corrected chi connectivity index (χ3v) is 2.76. The molecule has 0 radical (unpaired) electrons. The maximum atomic E-state index is 12.0. The molecule has 0 fully saturated rings. The highest BCUT2D eigenvalue weighted by molar-refractivity contribution is 6.32. The molecule has 2 rings (SSSR count).